The van der Waals surface area contributed by atoms with E-state index in [1.54, 1.807) is 0 Å². The van der Waals surface area contributed by atoms with Crippen LogP contribution in [0.15, 0.2) is 121 Å². The summed E-state index contributed by atoms with van der Waals surface area (Å²) in [6.45, 7) is 0. The Morgan fingerprint density at radius 1 is 0.429 bits per heavy atom. The van der Waals surface area contributed by atoms with Crippen molar-refractivity contribution in [3.8, 4) is 0 Å². The second-order valence-electron chi connectivity index (χ2n) is 9.66. The molecule has 0 radical (unpaired) electrons. The quantitative estimate of drug-likeness (QED) is 0.366. The molecule has 0 atom stereocenters. The van der Waals surface area contributed by atoms with Crippen LogP contribution in [0, 0.1) is 0 Å². The van der Waals surface area contributed by atoms with Gasteiger partial charge in [0.15, 0.2) is 0 Å². The van der Waals surface area contributed by atoms with Gasteiger partial charge in [0.2, 0.25) is 0 Å². The number of allylic oxidation sites excluding steroid dienone is 1. The summed E-state index contributed by atoms with van der Waals surface area (Å²) in [5, 5.41) is 8.02. The Labute approximate surface area is 203 Å². The van der Waals surface area contributed by atoms with Gasteiger partial charge >= 0.3 is 0 Å². The fourth-order valence-corrected chi connectivity index (χ4v) is 6.39. The molecule has 162 valence electrons. The van der Waals surface area contributed by atoms with Crippen LogP contribution in [-0.2, 0) is 6.42 Å². The number of fused-ring (bicyclic) bond motifs is 5. The summed E-state index contributed by atoms with van der Waals surface area (Å²) in [6.07, 6.45) is 3.40. The second-order valence-corrected chi connectivity index (χ2v) is 9.66. The fourth-order valence-electron chi connectivity index (χ4n) is 6.39. The summed E-state index contributed by atoms with van der Waals surface area (Å²) >= 11 is 0. The molecule has 0 fully saturated rings. The molecule has 0 saturated carbocycles. The van der Waals surface area contributed by atoms with Crippen molar-refractivity contribution in [1.29, 1.82) is 0 Å². The van der Waals surface area contributed by atoms with Crippen LogP contribution in [0.1, 0.15) is 16.7 Å². The van der Waals surface area contributed by atoms with Gasteiger partial charge < -0.3 is 0 Å². The van der Waals surface area contributed by atoms with E-state index in [0.717, 1.165) is 6.42 Å². The molecule has 0 unspecified atom stereocenters. The molecule has 0 nitrogen and oxygen atoms in total. The highest BCUT2D eigenvalue weighted by molar-refractivity contribution is 6.32. The Bertz CT molecular complexity index is 2010. The molecule has 5 aromatic carbocycles. The minimum Gasteiger partial charge on any atom is -0.0619 e. The molecule has 0 heterocycles. The molecule has 0 aromatic heterocycles. The molecule has 0 saturated heterocycles. The summed E-state index contributed by atoms with van der Waals surface area (Å²) in [5.74, 6) is 0. The topological polar surface area (TPSA) is 0 Å². The lowest BCUT2D eigenvalue weighted by molar-refractivity contribution is 1.25. The molecule has 0 spiro atoms. The molecule has 3 aliphatic carbocycles. The zero-order valence-electron chi connectivity index (χ0n) is 19.3. The SMILES string of the molecule is C1=C(C2=c3ccccc3=C3C2=c2ccccc2=C3c2cccc3ccccc23)Cc2ccccc21. The van der Waals surface area contributed by atoms with Crippen LogP contribution >= 0.6 is 0 Å². The van der Waals surface area contributed by atoms with E-state index in [0.29, 0.717) is 0 Å². The molecule has 35 heavy (non-hydrogen) atoms. The minimum atomic E-state index is 0.988. The van der Waals surface area contributed by atoms with Crippen molar-refractivity contribution in [1.82, 2.24) is 0 Å². The van der Waals surface area contributed by atoms with Gasteiger partial charge in [0.25, 0.3) is 0 Å². The van der Waals surface area contributed by atoms with Gasteiger partial charge in [-0.05, 0) is 82.6 Å². The van der Waals surface area contributed by atoms with Crippen molar-refractivity contribution < 1.29 is 0 Å². The second kappa shape index (κ2) is 7.04. The predicted octanol–water partition coefficient (Wildman–Crippen LogP) is 4.86. The van der Waals surface area contributed by atoms with Gasteiger partial charge in [-0.1, -0.05) is 121 Å². The summed E-state index contributed by atoms with van der Waals surface area (Å²) in [7, 11) is 0. The van der Waals surface area contributed by atoms with Crippen molar-refractivity contribution in [2.75, 3.05) is 0 Å². The lowest BCUT2D eigenvalue weighted by Gasteiger charge is -2.13. The van der Waals surface area contributed by atoms with Crippen LogP contribution in [0.25, 0.3) is 39.1 Å². The highest BCUT2D eigenvalue weighted by Crippen LogP contribution is 2.43. The highest BCUT2D eigenvalue weighted by Gasteiger charge is 2.32. The average molecular weight is 443 g/mol. The van der Waals surface area contributed by atoms with Gasteiger partial charge in [-0.25, -0.2) is 0 Å². The first-order valence-electron chi connectivity index (χ1n) is 12.3. The maximum Gasteiger partial charge on any atom is -0.000753 e. The summed E-state index contributed by atoms with van der Waals surface area (Å²) in [6, 6.07) is 42.3. The van der Waals surface area contributed by atoms with Crippen molar-refractivity contribution in [3.63, 3.8) is 0 Å². The molecule has 0 bridgehead atoms. The molecule has 8 rings (SSSR count). The molecular formula is C35H22. The summed E-state index contributed by atoms with van der Waals surface area (Å²) < 4.78 is 0. The number of hydrogen-bond donors (Lipinski definition) is 0. The van der Waals surface area contributed by atoms with E-state index >= 15 is 0 Å². The van der Waals surface area contributed by atoms with E-state index < -0.39 is 0 Å². The van der Waals surface area contributed by atoms with Crippen molar-refractivity contribution in [2.45, 2.75) is 6.42 Å². The number of rotatable bonds is 2. The largest absolute Gasteiger partial charge is 0.0619 e. The summed E-state index contributed by atoms with van der Waals surface area (Å²) in [4.78, 5) is 0. The molecule has 0 amide bonds. The Morgan fingerprint density at radius 3 is 1.77 bits per heavy atom. The standard InChI is InChI=1S/C35H22/c1-2-12-24-21-25(20-23(24)11-1)32-28-15-5-7-17-30(28)35-33(29-16-6-8-18-31(29)34(32)35)27-19-9-13-22-10-3-4-14-26(22)27/h1-20H,21H2. The normalized spacial score (nSPS) is 15.3. The first-order chi connectivity index (χ1) is 17.4. The van der Waals surface area contributed by atoms with Crippen LogP contribution in [0.4, 0.5) is 0 Å². The molecular weight excluding hydrogens is 420 g/mol. The van der Waals surface area contributed by atoms with Gasteiger partial charge in [0.05, 0.1) is 0 Å². The molecule has 3 aliphatic rings. The molecule has 0 N–H and O–H groups in total. The predicted molar refractivity (Wildman–Crippen MR) is 146 cm³/mol. The Balaban J connectivity index is 1.51. The first kappa shape index (κ1) is 18.9. The average Bonchev–Trinajstić information content (AvgIpc) is 3.58. The van der Waals surface area contributed by atoms with E-state index in [2.05, 4.69) is 121 Å². The van der Waals surface area contributed by atoms with Gasteiger partial charge in [0.1, 0.15) is 0 Å². The van der Waals surface area contributed by atoms with Crippen LogP contribution in [0.3, 0.4) is 0 Å². The zero-order valence-corrected chi connectivity index (χ0v) is 19.3. The lowest BCUT2D eigenvalue weighted by atomic mass is 9.89. The van der Waals surface area contributed by atoms with Crippen LogP contribution in [0.2, 0.25) is 0 Å². The Kier molecular flexibility index (Phi) is 3.81. The fraction of sp³-hybridized carbons (Fsp3) is 0.0286. The molecule has 0 heteroatoms. The van der Waals surface area contributed by atoms with Crippen molar-refractivity contribution in [2.24, 2.45) is 0 Å². The van der Waals surface area contributed by atoms with Crippen molar-refractivity contribution >= 4 is 39.1 Å². The third kappa shape index (κ3) is 2.57. The molecule has 5 aromatic rings. The smallest absolute Gasteiger partial charge is 0.000753 e. The van der Waals surface area contributed by atoms with E-state index in [1.165, 1.54) is 76.2 Å². The van der Waals surface area contributed by atoms with Gasteiger partial charge in [0, 0.05) is 0 Å². The number of benzene rings is 5. The Hall–Kier alpha value is -4.42. The lowest BCUT2D eigenvalue weighted by Crippen LogP contribution is -2.28. The highest BCUT2D eigenvalue weighted by atomic mass is 14.3. The maximum absolute atomic E-state index is 2.41. The van der Waals surface area contributed by atoms with E-state index in [9.17, 15) is 0 Å². The third-order valence-corrected chi connectivity index (χ3v) is 7.83. The Morgan fingerprint density at radius 2 is 1.00 bits per heavy atom. The van der Waals surface area contributed by atoms with Crippen LogP contribution in [-0.4, -0.2) is 0 Å². The third-order valence-electron chi connectivity index (χ3n) is 7.83. The number of hydrogen-bond acceptors (Lipinski definition) is 0. The maximum atomic E-state index is 2.41. The van der Waals surface area contributed by atoms with Gasteiger partial charge in [-0.15, -0.1) is 0 Å². The first-order valence-corrected chi connectivity index (χ1v) is 12.3. The zero-order chi connectivity index (χ0) is 22.9. The van der Waals surface area contributed by atoms with E-state index in [4.69, 9.17) is 0 Å². The minimum absolute atomic E-state index is 0.988. The van der Waals surface area contributed by atoms with Crippen LogP contribution in [0.5, 0.6) is 0 Å². The van der Waals surface area contributed by atoms with E-state index in [-0.39, 0.29) is 0 Å². The van der Waals surface area contributed by atoms with Crippen LogP contribution < -0.4 is 20.9 Å². The van der Waals surface area contributed by atoms with Gasteiger partial charge in [-0.3, -0.25) is 0 Å². The molecule has 0 aliphatic heterocycles. The summed E-state index contributed by atoms with van der Waals surface area (Å²) in [5.41, 5.74) is 11.1. The van der Waals surface area contributed by atoms with Gasteiger partial charge in [-0.2, -0.15) is 0 Å². The van der Waals surface area contributed by atoms with E-state index in [1.807, 2.05) is 0 Å². The monoisotopic (exact) mass is 442 g/mol. The van der Waals surface area contributed by atoms with Crippen molar-refractivity contribution in [3.05, 3.63) is 158 Å².